The van der Waals surface area contributed by atoms with E-state index in [4.69, 9.17) is 9.57 Å². The van der Waals surface area contributed by atoms with Gasteiger partial charge in [-0.25, -0.2) is 0 Å². The summed E-state index contributed by atoms with van der Waals surface area (Å²) in [5, 5.41) is 2.04. The summed E-state index contributed by atoms with van der Waals surface area (Å²) >= 11 is 0. The molecule has 1 saturated heterocycles. The van der Waals surface area contributed by atoms with E-state index in [-0.39, 0.29) is 5.72 Å². The van der Waals surface area contributed by atoms with Crippen molar-refractivity contribution in [2.24, 2.45) is 5.92 Å². The van der Waals surface area contributed by atoms with Gasteiger partial charge in [0.15, 0.2) is 0 Å². The maximum atomic E-state index is 5.73. The molecule has 0 aromatic rings. The highest BCUT2D eigenvalue weighted by Crippen LogP contribution is 2.56. The molecule has 1 aliphatic heterocycles. The van der Waals surface area contributed by atoms with Crippen molar-refractivity contribution >= 4 is 0 Å². The molecule has 2 fully saturated rings. The van der Waals surface area contributed by atoms with Gasteiger partial charge in [0.05, 0.1) is 6.61 Å². The highest BCUT2D eigenvalue weighted by atomic mass is 16.7. The van der Waals surface area contributed by atoms with E-state index < -0.39 is 0 Å². The van der Waals surface area contributed by atoms with Crippen LogP contribution in [0.15, 0.2) is 0 Å². The lowest BCUT2D eigenvalue weighted by Gasteiger charge is -2.26. The van der Waals surface area contributed by atoms with Gasteiger partial charge in [0.25, 0.3) is 0 Å². The summed E-state index contributed by atoms with van der Waals surface area (Å²) in [7, 11) is 0. The van der Waals surface area contributed by atoms with Crippen LogP contribution in [0.5, 0.6) is 0 Å². The van der Waals surface area contributed by atoms with Crippen LogP contribution in [-0.4, -0.2) is 30.5 Å². The first-order valence-electron chi connectivity index (χ1n) is 4.88. The van der Waals surface area contributed by atoms with Crippen LogP contribution < -0.4 is 0 Å². The zero-order valence-electron chi connectivity index (χ0n) is 7.88. The van der Waals surface area contributed by atoms with Gasteiger partial charge in [-0.15, -0.1) is 0 Å². The van der Waals surface area contributed by atoms with Gasteiger partial charge in [-0.3, -0.25) is 4.84 Å². The number of hydrogen-bond donors (Lipinski definition) is 0. The van der Waals surface area contributed by atoms with Crippen molar-refractivity contribution in [2.75, 3.05) is 19.8 Å². The van der Waals surface area contributed by atoms with Crippen molar-refractivity contribution in [1.82, 2.24) is 5.06 Å². The van der Waals surface area contributed by atoms with Gasteiger partial charge in [0.1, 0.15) is 5.72 Å². The molecule has 0 bridgehead atoms. The van der Waals surface area contributed by atoms with Crippen molar-refractivity contribution in [3.63, 3.8) is 0 Å². The number of ether oxygens (including phenoxy) is 1. The van der Waals surface area contributed by atoms with Crippen LogP contribution in [0, 0.1) is 5.92 Å². The molecule has 1 heterocycles. The van der Waals surface area contributed by atoms with E-state index in [1.165, 1.54) is 12.8 Å². The highest BCUT2D eigenvalue weighted by molar-refractivity contribution is 5.07. The first-order chi connectivity index (χ1) is 5.83. The molecular weight excluding hydrogens is 154 g/mol. The quantitative estimate of drug-likeness (QED) is 0.638. The van der Waals surface area contributed by atoms with E-state index >= 15 is 0 Å². The fourth-order valence-electron chi connectivity index (χ4n) is 2.22. The monoisotopic (exact) mass is 171 g/mol. The average molecular weight is 171 g/mol. The van der Waals surface area contributed by atoms with Gasteiger partial charge in [-0.2, -0.15) is 5.06 Å². The smallest absolute Gasteiger partial charge is 0.147 e. The van der Waals surface area contributed by atoms with E-state index in [9.17, 15) is 0 Å². The number of nitrogens with zero attached hydrogens (tertiary/aromatic N) is 1. The molecule has 3 heteroatoms. The summed E-state index contributed by atoms with van der Waals surface area (Å²) in [5.74, 6) is 0.740. The van der Waals surface area contributed by atoms with Gasteiger partial charge in [0, 0.05) is 19.1 Å². The Morgan fingerprint density at radius 1 is 1.42 bits per heavy atom. The first-order valence-corrected chi connectivity index (χ1v) is 4.88. The van der Waals surface area contributed by atoms with Crippen LogP contribution >= 0.6 is 0 Å². The van der Waals surface area contributed by atoms with Crippen molar-refractivity contribution in [2.45, 2.75) is 32.4 Å². The second-order valence-corrected chi connectivity index (χ2v) is 3.49. The Morgan fingerprint density at radius 2 is 2.25 bits per heavy atom. The summed E-state index contributed by atoms with van der Waals surface area (Å²) in [4.78, 5) is 5.52. The molecule has 1 aliphatic carbocycles. The lowest BCUT2D eigenvalue weighted by atomic mass is 10.3. The third-order valence-corrected chi connectivity index (χ3v) is 2.80. The average Bonchev–Trinajstić information content (AvgIpc) is 2.66. The molecule has 2 unspecified atom stereocenters. The van der Waals surface area contributed by atoms with E-state index in [0.29, 0.717) is 0 Å². The van der Waals surface area contributed by atoms with Gasteiger partial charge in [-0.05, 0) is 26.7 Å². The van der Waals surface area contributed by atoms with Crippen LogP contribution in [0.1, 0.15) is 26.7 Å². The summed E-state index contributed by atoms with van der Waals surface area (Å²) < 4.78 is 5.73. The van der Waals surface area contributed by atoms with Crippen LogP contribution in [0.2, 0.25) is 0 Å². The van der Waals surface area contributed by atoms with Crippen molar-refractivity contribution in [1.29, 1.82) is 0 Å². The number of rotatable bonds is 4. The maximum Gasteiger partial charge on any atom is 0.147 e. The summed E-state index contributed by atoms with van der Waals surface area (Å²) in [6.07, 6.45) is 2.40. The molecule has 0 aromatic carbocycles. The zero-order valence-corrected chi connectivity index (χ0v) is 7.88. The highest BCUT2D eigenvalue weighted by Gasteiger charge is 2.64. The maximum absolute atomic E-state index is 5.73. The number of piperidine rings is 1. The summed E-state index contributed by atoms with van der Waals surface area (Å²) in [6, 6.07) is 0. The van der Waals surface area contributed by atoms with Gasteiger partial charge in [0.2, 0.25) is 0 Å². The Labute approximate surface area is 73.6 Å². The summed E-state index contributed by atoms with van der Waals surface area (Å²) in [6.45, 7) is 6.65. The number of hydroxylamine groups is 2. The third-order valence-electron chi connectivity index (χ3n) is 2.80. The topological polar surface area (TPSA) is 21.7 Å². The molecule has 0 spiro atoms. The number of fused-ring (bicyclic) bond motifs is 1. The van der Waals surface area contributed by atoms with Gasteiger partial charge >= 0.3 is 0 Å². The van der Waals surface area contributed by atoms with E-state index in [1.807, 2.05) is 18.9 Å². The molecule has 0 aromatic heterocycles. The molecule has 1 saturated carbocycles. The van der Waals surface area contributed by atoms with E-state index in [2.05, 4.69) is 0 Å². The summed E-state index contributed by atoms with van der Waals surface area (Å²) in [5.41, 5.74) is -0.00917. The van der Waals surface area contributed by atoms with Crippen molar-refractivity contribution in [3.8, 4) is 0 Å². The normalized spacial score (nSPS) is 40.0. The van der Waals surface area contributed by atoms with Crippen LogP contribution in [0.4, 0.5) is 0 Å². The van der Waals surface area contributed by atoms with Crippen molar-refractivity contribution in [3.05, 3.63) is 0 Å². The molecule has 0 radical (unpaired) electrons. The zero-order chi connectivity index (χ0) is 8.60. The second kappa shape index (κ2) is 2.98. The Balaban J connectivity index is 1.96. The van der Waals surface area contributed by atoms with Crippen LogP contribution in [0.25, 0.3) is 0 Å². The minimum absolute atomic E-state index is 0.00917. The SMILES string of the molecule is CCON1CCC2CC21OCC. The predicted molar refractivity (Wildman–Crippen MR) is 45.4 cm³/mol. The molecule has 3 nitrogen and oxygen atoms in total. The molecule has 2 atom stereocenters. The van der Waals surface area contributed by atoms with Crippen molar-refractivity contribution < 1.29 is 9.57 Å². The van der Waals surface area contributed by atoms with Crippen LogP contribution in [0.3, 0.4) is 0 Å². The van der Waals surface area contributed by atoms with E-state index in [0.717, 1.165) is 25.7 Å². The Hall–Kier alpha value is -0.120. The molecule has 70 valence electrons. The van der Waals surface area contributed by atoms with Gasteiger partial charge < -0.3 is 4.74 Å². The second-order valence-electron chi connectivity index (χ2n) is 3.49. The van der Waals surface area contributed by atoms with Crippen LogP contribution in [-0.2, 0) is 9.57 Å². The fourth-order valence-corrected chi connectivity index (χ4v) is 2.22. The first kappa shape index (κ1) is 8.48. The largest absolute Gasteiger partial charge is 0.358 e. The molecule has 0 amide bonds. The minimum Gasteiger partial charge on any atom is -0.358 e. The van der Waals surface area contributed by atoms with E-state index in [1.54, 1.807) is 0 Å². The molecule has 12 heavy (non-hydrogen) atoms. The standard InChI is InChI=1S/C9H17NO2/c1-3-11-9-7-8(9)5-6-10(9)12-4-2/h8H,3-7H2,1-2H3. The predicted octanol–water partition coefficient (Wildman–Crippen LogP) is 1.40. The molecule has 2 rings (SSSR count). The lowest BCUT2D eigenvalue weighted by molar-refractivity contribution is -0.253. The van der Waals surface area contributed by atoms with Gasteiger partial charge in [-0.1, -0.05) is 0 Å². The molecule has 2 aliphatic rings. The molecule has 0 N–H and O–H groups in total. The number of hydrogen-bond acceptors (Lipinski definition) is 3. The Morgan fingerprint density at radius 3 is 2.83 bits per heavy atom. The lowest BCUT2D eigenvalue weighted by Crippen LogP contribution is -2.37. The molecular formula is C9H17NO2. The fraction of sp³-hybridized carbons (Fsp3) is 1.00. The Bertz CT molecular complexity index is 174. The third kappa shape index (κ3) is 1.08. The Kier molecular flexibility index (Phi) is 2.10. The minimum atomic E-state index is -0.00917.